The lowest BCUT2D eigenvalue weighted by Crippen LogP contribution is -2.21. The molecule has 2 heterocycles. The zero-order valence-corrected chi connectivity index (χ0v) is 12.0. The van der Waals surface area contributed by atoms with Gasteiger partial charge in [0, 0.05) is 11.9 Å². The van der Waals surface area contributed by atoms with Crippen LogP contribution < -0.4 is 0 Å². The van der Waals surface area contributed by atoms with Crippen LogP contribution >= 0.6 is 0 Å². The second-order valence-electron chi connectivity index (χ2n) is 5.73. The Morgan fingerprint density at radius 2 is 1.89 bits per heavy atom. The van der Waals surface area contributed by atoms with Gasteiger partial charge in [0.05, 0.1) is 11.2 Å². The van der Waals surface area contributed by atoms with E-state index in [1.807, 2.05) is 0 Å². The maximum atomic E-state index is 4.69. The standard InChI is InChI=1S/C16H23N3/c1-13-6-7-15-14(2)17-19(16(15)12-13)11-5-10-18-8-3-4-9-18/h6-7,12H,3-5,8-11H2,1-2H3. The van der Waals surface area contributed by atoms with Crippen LogP contribution in [0.5, 0.6) is 0 Å². The quantitative estimate of drug-likeness (QED) is 0.839. The fraction of sp³-hybridized carbons (Fsp3) is 0.562. The number of benzene rings is 1. The normalized spacial score (nSPS) is 16.5. The minimum absolute atomic E-state index is 1.03. The topological polar surface area (TPSA) is 21.1 Å². The summed E-state index contributed by atoms with van der Waals surface area (Å²) in [4.78, 5) is 2.57. The van der Waals surface area contributed by atoms with Gasteiger partial charge in [-0.15, -0.1) is 0 Å². The first-order valence-corrected chi connectivity index (χ1v) is 7.40. The molecular weight excluding hydrogens is 234 g/mol. The monoisotopic (exact) mass is 257 g/mol. The highest BCUT2D eigenvalue weighted by molar-refractivity contribution is 5.82. The highest BCUT2D eigenvalue weighted by Gasteiger charge is 2.11. The van der Waals surface area contributed by atoms with Gasteiger partial charge in [0.15, 0.2) is 0 Å². The molecule has 3 nitrogen and oxygen atoms in total. The predicted molar refractivity (Wildman–Crippen MR) is 79.5 cm³/mol. The SMILES string of the molecule is Cc1ccc2c(C)nn(CCCN3CCCC3)c2c1. The molecule has 1 aliphatic rings. The Morgan fingerprint density at radius 1 is 1.11 bits per heavy atom. The molecule has 102 valence electrons. The first-order valence-electron chi connectivity index (χ1n) is 7.40. The number of aromatic nitrogens is 2. The molecule has 0 aliphatic carbocycles. The van der Waals surface area contributed by atoms with Gasteiger partial charge < -0.3 is 4.90 Å². The molecule has 0 atom stereocenters. The lowest BCUT2D eigenvalue weighted by atomic mass is 10.1. The van der Waals surface area contributed by atoms with Crippen LogP contribution in [0, 0.1) is 13.8 Å². The van der Waals surface area contributed by atoms with Gasteiger partial charge in [-0.2, -0.15) is 5.10 Å². The highest BCUT2D eigenvalue weighted by atomic mass is 15.3. The molecule has 0 N–H and O–H groups in total. The maximum absolute atomic E-state index is 4.69. The van der Waals surface area contributed by atoms with Gasteiger partial charge >= 0.3 is 0 Å². The van der Waals surface area contributed by atoms with E-state index in [0.717, 1.165) is 12.2 Å². The average Bonchev–Trinajstić information content (AvgIpc) is 2.99. The Morgan fingerprint density at radius 3 is 2.68 bits per heavy atom. The Bertz CT molecular complexity index is 565. The molecule has 19 heavy (non-hydrogen) atoms. The zero-order chi connectivity index (χ0) is 13.2. The van der Waals surface area contributed by atoms with Crippen LogP contribution in [0.25, 0.3) is 10.9 Å². The molecule has 2 aromatic rings. The van der Waals surface area contributed by atoms with Crippen molar-refractivity contribution in [2.45, 2.75) is 39.7 Å². The summed E-state index contributed by atoms with van der Waals surface area (Å²) in [5, 5.41) is 5.99. The second-order valence-corrected chi connectivity index (χ2v) is 5.73. The summed E-state index contributed by atoms with van der Waals surface area (Å²) in [5.41, 5.74) is 3.75. The Kier molecular flexibility index (Phi) is 3.56. The third-order valence-electron chi connectivity index (χ3n) is 4.13. The molecule has 1 fully saturated rings. The van der Waals surface area contributed by atoms with E-state index < -0.39 is 0 Å². The second kappa shape index (κ2) is 5.33. The Balaban J connectivity index is 1.71. The molecule has 3 heteroatoms. The number of hydrogen-bond acceptors (Lipinski definition) is 2. The van der Waals surface area contributed by atoms with E-state index in [-0.39, 0.29) is 0 Å². The van der Waals surface area contributed by atoms with Crippen LogP contribution in [0.3, 0.4) is 0 Å². The largest absolute Gasteiger partial charge is 0.303 e. The molecule has 0 spiro atoms. The van der Waals surface area contributed by atoms with Gasteiger partial charge in [0.25, 0.3) is 0 Å². The van der Waals surface area contributed by atoms with Crippen molar-refractivity contribution in [1.29, 1.82) is 0 Å². The third kappa shape index (κ3) is 2.66. The summed E-state index contributed by atoms with van der Waals surface area (Å²) < 4.78 is 2.19. The molecule has 1 aromatic heterocycles. The van der Waals surface area contributed by atoms with Crippen LogP contribution in [-0.4, -0.2) is 34.3 Å². The van der Waals surface area contributed by atoms with Crippen LogP contribution in [0.1, 0.15) is 30.5 Å². The fourth-order valence-corrected chi connectivity index (χ4v) is 3.07. The van der Waals surface area contributed by atoms with Crippen molar-refractivity contribution in [2.24, 2.45) is 0 Å². The van der Waals surface area contributed by atoms with Gasteiger partial charge in [-0.25, -0.2) is 0 Å². The lowest BCUT2D eigenvalue weighted by Gasteiger charge is -2.14. The van der Waals surface area contributed by atoms with Crippen molar-refractivity contribution in [2.75, 3.05) is 19.6 Å². The van der Waals surface area contributed by atoms with Crippen molar-refractivity contribution in [1.82, 2.24) is 14.7 Å². The number of nitrogens with zero attached hydrogens (tertiary/aromatic N) is 3. The van der Waals surface area contributed by atoms with Gasteiger partial charge in [0.1, 0.15) is 0 Å². The number of aryl methyl sites for hydroxylation is 3. The van der Waals surface area contributed by atoms with Crippen LogP contribution in [-0.2, 0) is 6.54 Å². The minimum atomic E-state index is 1.03. The van der Waals surface area contributed by atoms with Crippen molar-refractivity contribution in [3.05, 3.63) is 29.5 Å². The van der Waals surface area contributed by atoms with E-state index >= 15 is 0 Å². The summed E-state index contributed by atoms with van der Waals surface area (Å²) in [6.07, 6.45) is 3.95. The van der Waals surface area contributed by atoms with Crippen LogP contribution in [0.4, 0.5) is 0 Å². The van der Waals surface area contributed by atoms with Crippen LogP contribution in [0.15, 0.2) is 18.2 Å². The first-order chi connectivity index (χ1) is 9.24. The fourth-order valence-electron chi connectivity index (χ4n) is 3.07. The molecule has 0 bridgehead atoms. The molecule has 0 saturated carbocycles. The Labute approximate surface area is 115 Å². The summed E-state index contributed by atoms with van der Waals surface area (Å²) in [6.45, 7) is 9.08. The molecule has 1 aliphatic heterocycles. The molecule has 0 amide bonds. The predicted octanol–water partition coefficient (Wildman–Crippen LogP) is 3.14. The lowest BCUT2D eigenvalue weighted by molar-refractivity contribution is 0.323. The van der Waals surface area contributed by atoms with E-state index in [0.29, 0.717) is 0 Å². The molecule has 1 saturated heterocycles. The van der Waals surface area contributed by atoms with Crippen molar-refractivity contribution < 1.29 is 0 Å². The molecule has 0 unspecified atom stereocenters. The summed E-state index contributed by atoms with van der Waals surface area (Å²) in [5.74, 6) is 0. The van der Waals surface area contributed by atoms with Crippen LogP contribution in [0.2, 0.25) is 0 Å². The summed E-state index contributed by atoms with van der Waals surface area (Å²) in [6, 6.07) is 6.63. The van der Waals surface area contributed by atoms with Crippen molar-refractivity contribution >= 4 is 10.9 Å². The number of hydrogen-bond donors (Lipinski definition) is 0. The first kappa shape index (κ1) is 12.7. The highest BCUT2D eigenvalue weighted by Crippen LogP contribution is 2.20. The minimum Gasteiger partial charge on any atom is -0.303 e. The number of fused-ring (bicyclic) bond motifs is 1. The summed E-state index contributed by atoms with van der Waals surface area (Å²) >= 11 is 0. The number of rotatable bonds is 4. The molecule has 3 rings (SSSR count). The van der Waals surface area contributed by atoms with E-state index in [1.54, 1.807) is 0 Å². The Hall–Kier alpha value is -1.35. The molecular formula is C16H23N3. The van der Waals surface area contributed by atoms with E-state index in [1.165, 1.54) is 55.4 Å². The van der Waals surface area contributed by atoms with Gasteiger partial charge in [-0.1, -0.05) is 12.1 Å². The third-order valence-corrected chi connectivity index (χ3v) is 4.13. The van der Waals surface area contributed by atoms with E-state index in [4.69, 9.17) is 5.10 Å². The maximum Gasteiger partial charge on any atom is 0.0687 e. The van der Waals surface area contributed by atoms with Crippen molar-refractivity contribution in [3.8, 4) is 0 Å². The van der Waals surface area contributed by atoms with Gasteiger partial charge in [-0.3, -0.25) is 4.68 Å². The zero-order valence-electron chi connectivity index (χ0n) is 12.0. The van der Waals surface area contributed by atoms with Crippen molar-refractivity contribution in [3.63, 3.8) is 0 Å². The van der Waals surface area contributed by atoms with Gasteiger partial charge in [-0.05, 0) is 64.4 Å². The van der Waals surface area contributed by atoms with E-state index in [2.05, 4.69) is 41.6 Å². The smallest absolute Gasteiger partial charge is 0.0687 e. The summed E-state index contributed by atoms with van der Waals surface area (Å²) in [7, 11) is 0. The average molecular weight is 257 g/mol. The van der Waals surface area contributed by atoms with E-state index in [9.17, 15) is 0 Å². The number of likely N-dealkylation sites (tertiary alicyclic amines) is 1. The molecule has 0 radical (unpaired) electrons. The molecule has 1 aromatic carbocycles. The van der Waals surface area contributed by atoms with Gasteiger partial charge in [0.2, 0.25) is 0 Å².